The van der Waals surface area contributed by atoms with Gasteiger partial charge in [0.2, 0.25) is 0 Å². The molecular formula is C35H64O4. The highest BCUT2D eigenvalue weighted by Crippen LogP contribution is 2.14. The third-order valence-electron chi connectivity index (χ3n) is 7.38. The van der Waals surface area contributed by atoms with Crippen LogP contribution in [0.5, 0.6) is 0 Å². The summed E-state index contributed by atoms with van der Waals surface area (Å²) in [6.45, 7) is 2.84. The highest BCUT2D eigenvalue weighted by molar-refractivity contribution is 5.69. The van der Waals surface area contributed by atoms with Crippen molar-refractivity contribution >= 4 is 11.9 Å². The molecule has 0 radical (unpaired) electrons. The second kappa shape index (κ2) is 32.6. The summed E-state index contributed by atoms with van der Waals surface area (Å²) in [4.78, 5) is 22.4. The zero-order valence-electron chi connectivity index (χ0n) is 25.8. The summed E-state index contributed by atoms with van der Waals surface area (Å²) in [6.07, 6.45) is 40.3. The summed E-state index contributed by atoms with van der Waals surface area (Å²) in [5.74, 6) is -0.683. The number of aliphatic carboxylic acids is 1. The number of carboxylic acid groups (broad SMARTS) is 1. The molecule has 0 aromatic heterocycles. The molecule has 0 aromatic rings. The Kier molecular flexibility index (Phi) is 31.3. The van der Waals surface area contributed by atoms with E-state index in [9.17, 15) is 9.59 Å². The molecule has 4 nitrogen and oxygen atoms in total. The number of esters is 1. The molecule has 0 heterocycles. The average Bonchev–Trinajstić information content (AvgIpc) is 2.92. The summed E-state index contributed by atoms with van der Waals surface area (Å²) in [5, 5.41) is 8.62. The van der Waals surface area contributed by atoms with E-state index < -0.39 is 5.97 Å². The van der Waals surface area contributed by atoms with E-state index in [1.807, 2.05) is 0 Å². The van der Waals surface area contributed by atoms with Crippen LogP contribution >= 0.6 is 0 Å². The number of allylic oxidation sites excluding steroid dienone is 4. The lowest BCUT2D eigenvalue weighted by molar-refractivity contribution is -0.144. The molecule has 0 aliphatic carbocycles. The molecule has 0 unspecified atom stereocenters. The first-order valence-corrected chi connectivity index (χ1v) is 16.8. The molecule has 0 rings (SSSR count). The predicted molar refractivity (Wildman–Crippen MR) is 167 cm³/mol. The molecule has 0 amide bonds. The van der Waals surface area contributed by atoms with Crippen LogP contribution in [-0.4, -0.2) is 23.7 Å². The normalized spacial score (nSPS) is 11.6. The first-order chi connectivity index (χ1) is 19.2. The molecule has 0 aliphatic rings. The molecule has 0 aromatic carbocycles. The number of carbonyl (C=O) groups is 2. The van der Waals surface area contributed by atoms with Crippen LogP contribution in [-0.2, 0) is 14.3 Å². The maximum atomic E-state index is 11.9. The fourth-order valence-electron chi connectivity index (χ4n) is 4.84. The van der Waals surface area contributed by atoms with Gasteiger partial charge in [-0.15, -0.1) is 0 Å². The van der Waals surface area contributed by atoms with Gasteiger partial charge in [0.1, 0.15) is 0 Å². The van der Waals surface area contributed by atoms with Crippen molar-refractivity contribution in [2.75, 3.05) is 6.61 Å². The molecule has 0 atom stereocenters. The number of rotatable bonds is 31. The molecular weight excluding hydrogens is 484 g/mol. The largest absolute Gasteiger partial charge is 0.481 e. The van der Waals surface area contributed by atoms with Crippen LogP contribution in [0.15, 0.2) is 24.3 Å². The summed E-state index contributed by atoms with van der Waals surface area (Å²) in [6, 6.07) is 0. The highest BCUT2D eigenvalue weighted by Gasteiger charge is 2.02. The summed E-state index contributed by atoms with van der Waals surface area (Å²) < 4.78 is 5.41. The Hall–Kier alpha value is -1.58. The Morgan fingerprint density at radius 3 is 1.41 bits per heavy atom. The lowest BCUT2D eigenvalue weighted by Gasteiger charge is -2.05. The monoisotopic (exact) mass is 548 g/mol. The second-order valence-corrected chi connectivity index (χ2v) is 11.3. The third-order valence-corrected chi connectivity index (χ3v) is 7.38. The molecule has 0 bridgehead atoms. The third kappa shape index (κ3) is 34.4. The smallest absolute Gasteiger partial charge is 0.305 e. The van der Waals surface area contributed by atoms with Gasteiger partial charge in [0, 0.05) is 12.8 Å². The van der Waals surface area contributed by atoms with Gasteiger partial charge >= 0.3 is 11.9 Å². The highest BCUT2D eigenvalue weighted by atomic mass is 16.5. The van der Waals surface area contributed by atoms with Crippen molar-refractivity contribution in [3.8, 4) is 0 Å². The molecule has 228 valence electrons. The van der Waals surface area contributed by atoms with E-state index in [0.29, 0.717) is 19.4 Å². The van der Waals surface area contributed by atoms with Gasteiger partial charge < -0.3 is 9.84 Å². The lowest BCUT2D eigenvalue weighted by atomic mass is 10.0. The number of carboxylic acids is 1. The van der Waals surface area contributed by atoms with Crippen molar-refractivity contribution in [2.45, 2.75) is 180 Å². The van der Waals surface area contributed by atoms with Crippen molar-refractivity contribution in [3.63, 3.8) is 0 Å². The van der Waals surface area contributed by atoms with E-state index in [0.717, 1.165) is 38.5 Å². The van der Waals surface area contributed by atoms with Gasteiger partial charge in [-0.1, -0.05) is 140 Å². The van der Waals surface area contributed by atoms with Crippen molar-refractivity contribution in [2.24, 2.45) is 0 Å². The molecule has 0 spiro atoms. The van der Waals surface area contributed by atoms with E-state index in [1.54, 1.807) is 0 Å². The van der Waals surface area contributed by atoms with E-state index in [2.05, 4.69) is 31.2 Å². The van der Waals surface area contributed by atoms with Gasteiger partial charge in [0.15, 0.2) is 0 Å². The molecule has 1 N–H and O–H groups in total. The van der Waals surface area contributed by atoms with Gasteiger partial charge in [0.25, 0.3) is 0 Å². The lowest BCUT2D eigenvalue weighted by Crippen LogP contribution is -2.05. The zero-order valence-corrected chi connectivity index (χ0v) is 25.8. The Morgan fingerprint density at radius 2 is 0.923 bits per heavy atom. The van der Waals surface area contributed by atoms with Crippen LogP contribution in [0.1, 0.15) is 180 Å². The van der Waals surface area contributed by atoms with Gasteiger partial charge in [-0.05, 0) is 51.4 Å². The average molecular weight is 549 g/mol. The Morgan fingerprint density at radius 1 is 0.513 bits per heavy atom. The van der Waals surface area contributed by atoms with Gasteiger partial charge in [-0.3, -0.25) is 9.59 Å². The Bertz CT molecular complexity index is 581. The van der Waals surface area contributed by atoms with Crippen LogP contribution in [0.2, 0.25) is 0 Å². The quantitative estimate of drug-likeness (QED) is 0.0531. The van der Waals surface area contributed by atoms with E-state index in [4.69, 9.17) is 9.84 Å². The van der Waals surface area contributed by atoms with Crippen molar-refractivity contribution in [1.82, 2.24) is 0 Å². The second-order valence-electron chi connectivity index (χ2n) is 11.3. The summed E-state index contributed by atoms with van der Waals surface area (Å²) in [7, 11) is 0. The van der Waals surface area contributed by atoms with E-state index in [1.165, 1.54) is 122 Å². The van der Waals surface area contributed by atoms with Crippen molar-refractivity contribution in [1.29, 1.82) is 0 Å². The fourth-order valence-corrected chi connectivity index (χ4v) is 4.84. The van der Waals surface area contributed by atoms with E-state index in [-0.39, 0.29) is 5.97 Å². The molecule has 0 saturated heterocycles. The molecule has 0 saturated carbocycles. The fraction of sp³-hybridized carbons (Fsp3) is 0.829. The Balaban J connectivity index is 3.22. The number of ether oxygens (including phenoxy) is 1. The Labute approximate surface area is 242 Å². The van der Waals surface area contributed by atoms with Crippen LogP contribution in [0.3, 0.4) is 0 Å². The maximum Gasteiger partial charge on any atom is 0.305 e. The molecule has 4 heteroatoms. The SMILES string of the molecule is CCCCC/C=C\C/C=C\CCCCCCCC(=O)OCCCCCCCCCCCCCCCCC(=O)O. The van der Waals surface area contributed by atoms with Crippen LogP contribution in [0.25, 0.3) is 0 Å². The number of unbranched alkanes of at least 4 members (excludes halogenated alkanes) is 21. The van der Waals surface area contributed by atoms with Gasteiger partial charge in [0.05, 0.1) is 6.61 Å². The summed E-state index contributed by atoms with van der Waals surface area (Å²) >= 11 is 0. The van der Waals surface area contributed by atoms with Crippen LogP contribution < -0.4 is 0 Å². The van der Waals surface area contributed by atoms with Crippen molar-refractivity contribution < 1.29 is 19.4 Å². The van der Waals surface area contributed by atoms with Gasteiger partial charge in [-0.2, -0.15) is 0 Å². The maximum absolute atomic E-state index is 11.9. The minimum Gasteiger partial charge on any atom is -0.481 e. The molecule has 0 aliphatic heterocycles. The van der Waals surface area contributed by atoms with Crippen LogP contribution in [0.4, 0.5) is 0 Å². The molecule has 39 heavy (non-hydrogen) atoms. The minimum absolute atomic E-state index is 0.0130. The number of hydrogen-bond donors (Lipinski definition) is 1. The molecule has 0 fully saturated rings. The standard InChI is InChI=1S/C35H64O4/c1-2-3-4-5-6-7-8-9-10-14-17-20-23-26-29-32-35(38)39-33-30-27-24-21-18-15-12-11-13-16-19-22-25-28-31-34(36)37/h6-7,9-10H,2-5,8,11-33H2,1H3,(H,36,37)/b7-6-,10-9-. The van der Waals surface area contributed by atoms with Crippen molar-refractivity contribution in [3.05, 3.63) is 24.3 Å². The minimum atomic E-state index is -0.670. The van der Waals surface area contributed by atoms with E-state index >= 15 is 0 Å². The predicted octanol–water partition coefficient (Wildman–Crippen LogP) is 11.3. The summed E-state index contributed by atoms with van der Waals surface area (Å²) in [5.41, 5.74) is 0. The number of carbonyl (C=O) groups excluding carboxylic acids is 1. The first-order valence-electron chi connectivity index (χ1n) is 16.8. The zero-order chi connectivity index (χ0) is 28.5. The first kappa shape index (κ1) is 37.4. The topological polar surface area (TPSA) is 63.6 Å². The number of hydrogen-bond acceptors (Lipinski definition) is 3. The van der Waals surface area contributed by atoms with Gasteiger partial charge in [-0.25, -0.2) is 0 Å². The van der Waals surface area contributed by atoms with Crippen LogP contribution in [0, 0.1) is 0 Å².